The van der Waals surface area contributed by atoms with Gasteiger partial charge in [0.2, 0.25) is 0 Å². The fourth-order valence-electron chi connectivity index (χ4n) is 2.71. The van der Waals surface area contributed by atoms with Crippen LogP contribution in [-0.2, 0) is 0 Å². The maximum absolute atomic E-state index is 6.36. The molecule has 0 bridgehead atoms. The highest BCUT2D eigenvalue weighted by molar-refractivity contribution is 5.77. The Morgan fingerprint density at radius 3 is 2.09 bits per heavy atom. The second kappa shape index (κ2) is 5.21. The lowest BCUT2D eigenvalue weighted by atomic mass is 10.1. The molecule has 2 aromatic heterocycles. The Balaban J connectivity index is 1.95. The zero-order valence-corrected chi connectivity index (χ0v) is 12.6. The van der Waals surface area contributed by atoms with Gasteiger partial charge in [0.1, 0.15) is 5.82 Å². The number of nitrogen functional groups attached to an aromatic ring is 1. The van der Waals surface area contributed by atoms with E-state index in [2.05, 4.69) is 15.1 Å². The van der Waals surface area contributed by atoms with E-state index in [0.717, 1.165) is 22.4 Å². The number of nitrogens with zero attached hydrogens (tertiary/aromatic N) is 4. The van der Waals surface area contributed by atoms with Gasteiger partial charge in [-0.25, -0.2) is 4.98 Å². The summed E-state index contributed by atoms with van der Waals surface area (Å²) < 4.78 is 1.61. The average Bonchev–Trinajstić information content (AvgIpc) is 3.01. The molecule has 2 N–H and O–H groups in total. The van der Waals surface area contributed by atoms with E-state index < -0.39 is 0 Å². The molecule has 0 spiro atoms. The lowest BCUT2D eigenvalue weighted by Crippen LogP contribution is -2.05. The summed E-state index contributed by atoms with van der Waals surface area (Å²) in [6, 6.07) is 19.8. The van der Waals surface area contributed by atoms with Gasteiger partial charge >= 0.3 is 0 Å². The number of fused-ring (bicyclic) bond motifs is 1. The number of hydrogen-bond acceptors (Lipinski definition) is 4. The summed E-state index contributed by atoms with van der Waals surface area (Å²) in [7, 11) is 0. The molecule has 23 heavy (non-hydrogen) atoms. The van der Waals surface area contributed by atoms with Crippen LogP contribution in [-0.4, -0.2) is 19.6 Å². The standard InChI is InChI=1S/C18H15N5/c1-12-15(13-8-4-2-5-9-13)16(19)23-18(20-12)21-17(22-23)14-10-6-3-7-11-14/h2-11H,19H2,1H3. The highest BCUT2D eigenvalue weighted by Crippen LogP contribution is 2.29. The second-order valence-electron chi connectivity index (χ2n) is 5.34. The molecule has 0 saturated heterocycles. The molecule has 5 nitrogen and oxygen atoms in total. The van der Waals surface area contributed by atoms with Gasteiger partial charge in [-0.1, -0.05) is 60.7 Å². The SMILES string of the molecule is Cc1nc2nc(-c3ccccc3)nn2c(N)c1-c1ccccc1. The molecule has 4 aromatic rings. The van der Waals surface area contributed by atoms with Gasteiger partial charge in [0, 0.05) is 11.1 Å². The van der Waals surface area contributed by atoms with Gasteiger partial charge < -0.3 is 5.73 Å². The van der Waals surface area contributed by atoms with Gasteiger partial charge in [-0.05, 0) is 12.5 Å². The summed E-state index contributed by atoms with van der Waals surface area (Å²) in [5.74, 6) is 1.68. The fourth-order valence-corrected chi connectivity index (χ4v) is 2.71. The summed E-state index contributed by atoms with van der Waals surface area (Å²) >= 11 is 0. The molecule has 0 atom stereocenters. The predicted molar refractivity (Wildman–Crippen MR) is 90.8 cm³/mol. The van der Waals surface area contributed by atoms with Gasteiger partial charge in [0.25, 0.3) is 5.78 Å². The van der Waals surface area contributed by atoms with Crippen LogP contribution < -0.4 is 5.73 Å². The first-order valence-electron chi connectivity index (χ1n) is 7.38. The van der Waals surface area contributed by atoms with Crippen molar-refractivity contribution < 1.29 is 0 Å². The molecule has 0 aliphatic rings. The highest BCUT2D eigenvalue weighted by atomic mass is 15.4. The zero-order valence-electron chi connectivity index (χ0n) is 12.6. The van der Waals surface area contributed by atoms with Crippen LogP contribution >= 0.6 is 0 Å². The number of rotatable bonds is 2. The Labute approximate surface area is 133 Å². The first-order chi connectivity index (χ1) is 11.2. The fraction of sp³-hybridized carbons (Fsp3) is 0.0556. The smallest absolute Gasteiger partial charge is 0.254 e. The Morgan fingerprint density at radius 1 is 0.826 bits per heavy atom. The molecule has 0 aliphatic heterocycles. The summed E-state index contributed by atoms with van der Waals surface area (Å²) in [5.41, 5.74) is 10.1. The number of aryl methyl sites for hydroxylation is 1. The first-order valence-corrected chi connectivity index (χ1v) is 7.38. The third-order valence-corrected chi connectivity index (χ3v) is 3.80. The molecular formula is C18H15N5. The molecular weight excluding hydrogens is 286 g/mol. The minimum Gasteiger partial charge on any atom is -0.383 e. The number of anilines is 1. The van der Waals surface area contributed by atoms with Crippen molar-refractivity contribution >= 4 is 11.6 Å². The molecule has 0 amide bonds. The van der Waals surface area contributed by atoms with Crippen LogP contribution in [0, 0.1) is 6.92 Å². The molecule has 0 fully saturated rings. The van der Waals surface area contributed by atoms with Crippen molar-refractivity contribution in [2.45, 2.75) is 6.92 Å². The molecule has 0 aliphatic carbocycles. The highest BCUT2D eigenvalue weighted by Gasteiger charge is 2.16. The monoisotopic (exact) mass is 301 g/mol. The Bertz CT molecular complexity index is 975. The summed E-state index contributed by atoms with van der Waals surface area (Å²) in [6.45, 7) is 1.94. The van der Waals surface area contributed by atoms with Crippen LogP contribution in [0.25, 0.3) is 28.3 Å². The molecule has 4 rings (SSSR count). The number of aromatic nitrogens is 4. The van der Waals surface area contributed by atoms with Gasteiger partial charge in [0.15, 0.2) is 5.82 Å². The summed E-state index contributed by atoms with van der Waals surface area (Å²) in [4.78, 5) is 9.07. The number of hydrogen-bond donors (Lipinski definition) is 1. The molecule has 0 unspecified atom stereocenters. The summed E-state index contributed by atoms with van der Waals surface area (Å²) in [6.07, 6.45) is 0. The average molecular weight is 301 g/mol. The van der Waals surface area contributed by atoms with E-state index in [4.69, 9.17) is 5.73 Å². The van der Waals surface area contributed by atoms with Crippen molar-refractivity contribution in [1.29, 1.82) is 0 Å². The van der Waals surface area contributed by atoms with Gasteiger partial charge in [0.05, 0.1) is 5.69 Å². The normalized spacial score (nSPS) is 11.0. The van der Waals surface area contributed by atoms with Crippen LogP contribution in [0.3, 0.4) is 0 Å². The lowest BCUT2D eigenvalue weighted by molar-refractivity contribution is 0.947. The first kappa shape index (κ1) is 13.5. The topological polar surface area (TPSA) is 69.1 Å². The lowest BCUT2D eigenvalue weighted by Gasteiger charge is -2.09. The molecule has 2 aromatic carbocycles. The molecule has 0 radical (unpaired) electrons. The quantitative estimate of drug-likeness (QED) is 0.616. The van der Waals surface area contributed by atoms with Crippen molar-refractivity contribution in [2.24, 2.45) is 0 Å². The van der Waals surface area contributed by atoms with Crippen molar-refractivity contribution in [3.8, 4) is 22.5 Å². The Morgan fingerprint density at radius 2 is 1.43 bits per heavy atom. The predicted octanol–water partition coefficient (Wildman–Crippen LogP) is 3.35. The van der Waals surface area contributed by atoms with E-state index in [1.54, 1.807) is 4.52 Å². The van der Waals surface area contributed by atoms with E-state index in [1.807, 2.05) is 67.6 Å². The zero-order chi connectivity index (χ0) is 15.8. The maximum atomic E-state index is 6.36. The minimum atomic E-state index is 0.513. The van der Waals surface area contributed by atoms with Gasteiger partial charge in [-0.2, -0.15) is 9.50 Å². The van der Waals surface area contributed by atoms with E-state index in [1.165, 1.54) is 0 Å². The second-order valence-corrected chi connectivity index (χ2v) is 5.34. The van der Waals surface area contributed by atoms with E-state index >= 15 is 0 Å². The van der Waals surface area contributed by atoms with E-state index in [-0.39, 0.29) is 0 Å². The van der Waals surface area contributed by atoms with Crippen LogP contribution in [0.4, 0.5) is 5.82 Å². The van der Waals surface area contributed by atoms with Crippen molar-refractivity contribution in [3.63, 3.8) is 0 Å². The maximum Gasteiger partial charge on any atom is 0.254 e. The van der Waals surface area contributed by atoms with Crippen molar-refractivity contribution in [2.75, 3.05) is 5.73 Å². The van der Waals surface area contributed by atoms with Crippen LogP contribution in [0.1, 0.15) is 5.69 Å². The van der Waals surface area contributed by atoms with Gasteiger partial charge in [-0.15, -0.1) is 5.10 Å². The van der Waals surface area contributed by atoms with Crippen LogP contribution in [0.15, 0.2) is 60.7 Å². The van der Waals surface area contributed by atoms with E-state index in [0.29, 0.717) is 17.4 Å². The third kappa shape index (κ3) is 2.23. The largest absolute Gasteiger partial charge is 0.383 e. The third-order valence-electron chi connectivity index (χ3n) is 3.80. The molecule has 5 heteroatoms. The van der Waals surface area contributed by atoms with Crippen molar-refractivity contribution in [1.82, 2.24) is 19.6 Å². The number of benzene rings is 2. The minimum absolute atomic E-state index is 0.513. The van der Waals surface area contributed by atoms with E-state index in [9.17, 15) is 0 Å². The van der Waals surface area contributed by atoms with Crippen LogP contribution in [0.5, 0.6) is 0 Å². The van der Waals surface area contributed by atoms with Gasteiger partial charge in [-0.3, -0.25) is 0 Å². The Kier molecular flexibility index (Phi) is 3.05. The molecule has 2 heterocycles. The number of nitrogens with two attached hydrogens (primary N) is 1. The Hall–Kier alpha value is -3.21. The summed E-state index contributed by atoms with van der Waals surface area (Å²) in [5, 5.41) is 4.53. The molecule has 0 saturated carbocycles. The van der Waals surface area contributed by atoms with Crippen molar-refractivity contribution in [3.05, 3.63) is 66.4 Å². The molecule has 112 valence electrons. The van der Waals surface area contributed by atoms with Crippen LogP contribution in [0.2, 0.25) is 0 Å².